The molecule has 3 heterocycles. The summed E-state index contributed by atoms with van der Waals surface area (Å²) in [5, 5.41) is 22.6. The Labute approximate surface area is 236 Å². The summed E-state index contributed by atoms with van der Waals surface area (Å²) in [5.74, 6) is 0.819. The van der Waals surface area contributed by atoms with Crippen molar-refractivity contribution in [3.63, 3.8) is 0 Å². The first-order valence-electron chi connectivity index (χ1n) is 14.7. The molecule has 2 aliphatic carbocycles. The van der Waals surface area contributed by atoms with Gasteiger partial charge in [-0.25, -0.2) is 4.68 Å². The topological polar surface area (TPSA) is 113 Å². The summed E-state index contributed by atoms with van der Waals surface area (Å²) < 4.78 is 7.16. The lowest BCUT2D eigenvalue weighted by Crippen LogP contribution is -2.52. The lowest BCUT2D eigenvalue weighted by atomic mass is 9.85. The van der Waals surface area contributed by atoms with Crippen LogP contribution in [0.25, 0.3) is 0 Å². The number of amides is 2. The second-order valence-electron chi connectivity index (χ2n) is 13.2. The van der Waals surface area contributed by atoms with E-state index in [-0.39, 0.29) is 36.9 Å². The Morgan fingerprint density at radius 3 is 2.60 bits per heavy atom. The van der Waals surface area contributed by atoms with Crippen molar-refractivity contribution < 1.29 is 19.4 Å². The molecule has 2 saturated heterocycles. The van der Waals surface area contributed by atoms with Crippen molar-refractivity contribution in [3.05, 3.63) is 41.7 Å². The smallest absolute Gasteiger partial charge is 0.248 e. The van der Waals surface area contributed by atoms with Crippen LogP contribution in [0.5, 0.6) is 5.75 Å². The fourth-order valence-electron chi connectivity index (χ4n) is 6.64. The second kappa shape index (κ2) is 10.4. The normalized spacial score (nSPS) is 28.1. The fraction of sp³-hybridized carbons (Fsp3) is 0.667. The van der Waals surface area contributed by atoms with Crippen molar-refractivity contribution in [1.82, 2.24) is 30.1 Å². The van der Waals surface area contributed by atoms with Gasteiger partial charge in [-0.1, -0.05) is 38.1 Å². The third-order valence-electron chi connectivity index (χ3n) is 8.92. The quantitative estimate of drug-likeness (QED) is 0.520. The van der Waals surface area contributed by atoms with Gasteiger partial charge in [0.15, 0.2) is 0 Å². The number of likely N-dealkylation sites (tertiary alicyclic amines) is 2. The molecule has 0 spiro atoms. The van der Waals surface area contributed by atoms with E-state index in [1.165, 1.54) is 12.8 Å². The molecule has 1 aromatic carbocycles. The number of nitrogens with one attached hydrogen (secondary N) is 1. The fourth-order valence-corrected chi connectivity index (χ4v) is 6.64. The van der Waals surface area contributed by atoms with Crippen LogP contribution in [0.2, 0.25) is 0 Å². The van der Waals surface area contributed by atoms with Gasteiger partial charge in [0.05, 0.1) is 24.9 Å². The van der Waals surface area contributed by atoms with Crippen molar-refractivity contribution in [2.75, 3.05) is 20.2 Å². The monoisotopic (exact) mass is 550 g/mol. The standard InChI is InChI=1S/C30H42N6O4/c1-30(2,3)27(36-17-24(32-33-36)18-8-9-18)29(39)35-16-21(37)15-25(35)28(38)31-23-12-13-34(20-10-11-20)26(23)19-6-5-7-22(14-19)40-4/h5-7,14,17-18,20-21,23,25-27,37H,8-13,15-16H2,1-4H3,(H,31,38)/t21?,23-,25?,26+,27+/m0/s1. The van der Waals surface area contributed by atoms with E-state index >= 15 is 0 Å². The maximum Gasteiger partial charge on any atom is 0.248 e. The average Bonchev–Trinajstić information content (AvgIpc) is 3.82. The van der Waals surface area contributed by atoms with Crippen molar-refractivity contribution in [1.29, 1.82) is 0 Å². The third kappa shape index (κ3) is 5.35. The molecule has 2 aromatic rings. The maximum atomic E-state index is 14.1. The number of hydrogen-bond donors (Lipinski definition) is 2. The van der Waals surface area contributed by atoms with Crippen LogP contribution in [0.4, 0.5) is 0 Å². The predicted octanol–water partition coefficient (Wildman–Crippen LogP) is 2.81. The molecule has 2 unspecified atom stereocenters. The number of aromatic nitrogens is 3. The number of aliphatic hydroxyl groups is 1. The Bertz CT molecular complexity index is 1250. The number of hydrogen-bond acceptors (Lipinski definition) is 7. The minimum absolute atomic E-state index is 0.0420. The number of benzene rings is 1. The van der Waals surface area contributed by atoms with E-state index in [4.69, 9.17) is 4.74 Å². The van der Waals surface area contributed by atoms with Crippen LogP contribution in [0.15, 0.2) is 30.5 Å². The first-order valence-corrected chi connectivity index (χ1v) is 14.7. The van der Waals surface area contributed by atoms with Gasteiger partial charge in [-0.05, 0) is 55.2 Å². The maximum absolute atomic E-state index is 14.1. The predicted molar refractivity (Wildman–Crippen MR) is 149 cm³/mol. The number of aliphatic hydroxyl groups excluding tert-OH is 1. The zero-order valence-electron chi connectivity index (χ0n) is 24.0. The van der Waals surface area contributed by atoms with Gasteiger partial charge in [0.25, 0.3) is 0 Å². The number of nitrogens with zero attached hydrogens (tertiary/aromatic N) is 5. The number of methoxy groups -OCH3 is 1. The molecule has 6 rings (SSSR count). The zero-order chi connectivity index (χ0) is 28.2. The van der Waals surface area contributed by atoms with E-state index in [1.54, 1.807) is 16.7 Å². The number of carbonyl (C=O) groups is 2. The van der Waals surface area contributed by atoms with Crippen LogP contribution >= 0.6 is 0 Å². The largest absolute Gasteiger partial charge is 0.497 e. The Kier molecular flexibility index (Phi) is 7.11. The summed E-state index contributed by atoms with van der Waals surface area (Å²) in [6, 6.07) is 7.21. The molecule has 0 radical (unpaired) electrons. The molecule has 2 saturated carbocycles. The van der Waals surface area contributed by atoms with Crippen LogP contribution < -0.4 is 10.1 Å². The van der Waals surface area contributed by atoms with E-state index in [1.807, 2.05) is 39.1 Å². The average molecular weight is 551 g/mol. The lowest BCUT2D eigenvalue weighted by Gasteiger charge is -2.35. The molecule has 1 aromatic heterocycles. The first-order chi connectivity index (χ1) is 19.1. The highest BCUT2D eigenvalue weighted by atomic mass is 16.5. The summed E-state index contributed by atoms with van der Waals surface area (Å²) in [7, 11) is 1.67. The van der Waals surface area contributed by atoms with Gasteiger partial charge >= 0.3 is 0 Å². The molecule has 5 atom stereocenters. The molecule has 40 heavy (non-hydrogen) atoms. The Morgan fingerprint density at radius 1 is 1.15 bits per heavy atom. The minimum atomic E-state index is -0.751. The zero-order valence-corrected chi connectivity index (χ0v) is 24.0. The van der Waals surface area contributed by atoms with Crippen LogP contribution in [0.3, 0.4) is 0 Å². The lowest BCUT2D eigenvalue weighted by molar-refractivity contribution is -0.144. The minimum Gasteiger partial charge on any atom is -0.497 e. The highest BCUT2D eigenvalue weighted by Gasteiger charge is 2.48. The van der Waals surface area contributed by atoms with Gasteiger partial charge in [0.2, 0.25) is 11.8 Å². The molecular weight excluding hydrogens is 508 g/mol. The molecule has 0 bridgehead atoms. The van der Waals surface area contributed by atoms with Gasteiger partial charge in [-0.3, -0.25) is 14.5 Å². The molecule has 4 fully saturated rings. The molecule has 216 valence electrons. The summed E-state index contributed by atoms with van der Waals surface area (Å²) in [6.45, 7) is 7.04. The number of β-amino-alcohol motifs (C(OH)–C–C–N with tert-alkyl or cyclic N) is 1. The van der Waals surface area contributed by atoms with E-state index < -0.39 is 23.6 Å². The van der Waals surface area contributed by atoms with Crippen LogP contribution in [0, 0.1) is 5.41 Å². The highest BCUT2D eigenvalue weighted by Crippen LogP contribution is 2.43. The van der Waals surface area contributed by atoms with Gasteiger partial charge < -0.3 is 20.1 Å². The van der Waals surface area contributed by atoms with Gasteiger partial charge in [0, 0.05) is 43.7 Å². The highest BCUT2D eigenvalue weighted by molar-refractivity contribution is 5.90. The molecule has 4 aliphatic rings. The van der Waals surface area contributed by atoms with Gasteiger partial charge in [-0.15, -0.1) is 5.10 Å². The van der Waals surface area contributed by atoms with E-state index in [0.29, 0.717) is 12.0 Å². The first kappa shape index (κ1) is 27.2. The third-order valence-corrected chi connectivity index (χ3v) is 8.92. The van der Waals surface area contributed by atoms with Crippen molar-refractivity contribution in [3.8, 4) is 5.75 Å². The summed E-state index contributed by atoms with van der Waals surface area (Å²) in [5.41, 5.74) is 1.58. The molecular formula is C30H42N6O4. The molecule has 2 amide bonds. The molecule has 10 nitrogen and oxygen atoms in total. The SMILES string of the molecule is COc1cccc([C@@H]2[C@@H](NC(=O)C3CC(O)CN3C(=O)[C@@H](n3cc(C4CC4)nn3)C(C)(C)C)CCN2C2CC2)c1. The Hall–Kier alpha value is -2.98. The van der Waals surface area contributed by atoms with Gasteiger partial charge in [-0.2, -0.15) is 0 Å². The summed E-state index contributed by atoms with van der Waals surface area (Å²) in [4.78, 5) is 32.1. The number of ether oxygens (including phenoxy) is 1. The van der Waals surface area contributed by atoms with Crippen LogP contribution in [0.1, 0.15) is 88.6 Å². The molecule has 2 N–H and O–H groups in total. The van der Waals surface area contributed by atoms with Crippen LogP contribution in [-0.2, 0) is 9.59 Å². The Morgan fingerprint density at radius 2 is 1.93 bits per heavy atom. The summed E-state index contributed by atoms with van der Waals surface area (Å²) >= 11 is 0. The Balaban J connectivity index is 1.22. The van der Waals surface area contributed by atoms with Crippen molar-refractivity contribution in [2.24, 2.45) is 5.41 Å². The van der Waals surface area contributed by atoms with E-state index in [9.17, 15) is 14.7 Å². The van der Waals surface area contributed by atoms with Crippen molar-refractivity contribution >= 4 is 11.8 Å². The van der Waals surface area contributed by atoms with Crippen molar-refractivity contribution in [2.45, 2.75) is 102 Å². The molecule has 10 heteroatoms. The summed E-state index contributed by atoms with van der Waals surface area (Å²) in [6.07, 6.45) is 6.75. The van der Waals surface area contributed by atoms with E-state index in [0.717, 1.165) is 42.8 Å². The molecule has 2 aliphatic heterocycles. The second-order valence-corrected chi connectivity index (χ2v) is 13.2. The van der Waals surface area contributed by atoms with E-state index in [2.05, 4.69) is 32.7 Å². The number of carbonyl (C=O) groups excluding carboxylic acids is 2. The van der Waals surface area contributed by atoms with Crippen LogP contribution in [-0.4, -0.2) is 86.1 Å². The number of rotatable bonds is 8. The van der Waals surface area contributed by atoms with Gasteiger partial charge in [0.1, 0.15) is 17.8 Å².